The third-order valence-electron chi connectivity index (χ3n) is 3.37. The van der Waals surface area contributed by atoms with Gasteiger partial charge >= 0.3 is 0 Å². The van der Waals surface area contributed by atoms with Crippen molar-refractivity contribution in [3.8, 4) is 0 Å². The number of amides is 2. The van der Waals surface area contributed by atoms with E-state index in [1.807, 2.05) is 7.05 Å². The molecule has 108 valence electrons. The number of benzene rings is 1. The molecule has 7 nitrogen and oxygen atoms in total. The lowest BCUT2D eigenvalue weighted by Crippen LogP contribution is -2.33. The van der Waals surface area contributed by atoms with Gasteiger partial charge in [0.25, 0.3) is 11.8 Å². The van der Waals surface area contributed by atoms with E-state index in [4.69, 9.17) is 0 Å². The highest BCUT2D eigenvalue weighted by Crippen LogP contribution is 2.22. The van der Waals surface area contributed by atoms with Crippen LogP contribution in [0.4, 0.5) is 0 Å². The van der Waals surface area contributed by atoms with Gasteiger partial charge in [0.1, 0.15) is 0 Å². The molecule has 3 rings (SSSR count). The van der Waals surface area contributed by atoms with Crippen LogP contribution in [0, 0.1) is 0 Å². The molecule has 2 aromatic rings. The van der Waals surface area contributed by atoms with Crippen LogP contribution in [0.2, 0.25) is 0 Å². The van der Waals surface area contributed by atoms with Gasteiger partial charge in [-0.25, -0.2) is 0 Å². The maximum absolute atomic E-state index is 12.2. The molecular weight excluding hydrogens is 270 g/mol. The summed E-state index contributed by atoms with van der Waals surface area (Å²) in [5.74, 6) is -0.489. The van der Waals surface area contributed by atoms with Crippen molar-refractivity contribution in [3.05, 3.63) is 47.3 Å². The van der Waals surface area contributed by atoms with Gasteiger partial charge in [0.05, 0.1) is 23.4 Å². The van der Waals surface area contributed by atoms with Crippen molar-refractivity contribution >= 4 is 11.8 Å². The molecule has 2 amide bonds. The van der Waals surface area contributed by atoms with Crippen LogP contribution in [0.25, 0.3) is 0 Å². The highest BCUT2D eigenvalue weighted by atomic mass is 16.2. The molecule has 1 aliphatic heterocycles. The van der Waals surface area contributed by atoms with Crippen molar-refractivity contribution in [1.29, 1.82) is 0 Å². The monoisotopic (exact) mass is 285 g/mol. The molecule has 1 aromatic heterocycles. The summed E-state index contributed by atoms with van der Waals surface area (Å²) in [4.78, 5) is 25.6. The molecule has 0 radical (unpaired) electrons. The van der Waals surface area contributed by atoms with Crippen molar-refractivity contribution in [2.24, 2.45) is 0 Å². The minimum absolute atomic E-state index is 0.244. The van der Waals surface area contributed by atoms with E-state index < -0.39 is 0 Å². The van der Waals surface area contributed by atoms with Crippen LogP contribution < -0.4 is 5.32 Å². The maximum Gasteiger partial charge on any atom is 0.261 e. The number of fused-ring (bicyclic) bond motifs is 1. The van der Waals surface area contributed by atoms with Crippen molar-refractivity contribution in [2.75, 3.05) is 13.6 Å². The maximum atomic E-state index is 12.2. The Balaban J connectivity index is 1.69. The molecule has 0 spiro atoms. The van der Waals surface area contributed by atoms with Gasteiger partial charge in [-0.15, -0.1) is 5.10 Å². The second-order valence-electron chi connectivity index (χ2n) is 4.81. The lowest BCUT2D eigenvalue weighted by atomic mass is 10.1. The van der Waals surface area contributed by atoms with Crippen LogP contribution in [0.5, 0.6) is 0 Å². The molecule has 0 unspecified atom stereocenters. The summed E-state index contributed by atoms with van der Waals surface area (Å²) in [6, 6.07) is 6.87. The standard InChI is InChI=1S/C14H15N5O2/c1-15-8-10-9-18(17-16-10)6-7-19-13(20)11-4-2-3-5-12(11)14(19)21/h2-5,9,15H,6-8H2,1H3. The van der Waals surface area contributed by atoms with Gasteiger partial charge in [-0.3, -0.25) is 19.2 Å². The number of hydrogen-bond acceptors (Lipinski definition) is 5. The molecule has 0 atom stereocenters. The van der Waals surface area contributed by atoms with E-state index in [9.17, 15) is 9.59 Å². The molecule has 21 heavy (non-hydrogen) atoms. The molecular formula is C14H15N5O2. The largest absolute Gasteiger partial charge is 0.314 e. The molecule has 1 aromatic carbocycles. The number of carbonyl (C=O) groups is 2. The second kappa shape index (κ2) is 5.45. The van der Waals surface area contributed by atoms with Gasteiger partial charge in [0.15, 0.2) is 0 Å². The molecule has 7 heteroatoms. The molecule has 0 aliphatic carbocycles. The number of hydrogen-bond donors (Lipinski definition) is 1. The van der Waals surface area contributed by atoms with Gasteiger partial charge in [0.2, 0.25) is 0 Å². The Morgan fingerprint density at radius 3 is 2.38 bits per heavy atom. The normalized spacial score (nSPS) is 13.9. The van der Waals surface area contributed by atoms with Crippen molar-refractivity contribution in [2.45, 2.75) is 13.1 Å². The van der Waals surface area contributed by atoms with Crippen LogP contribution >= 0.6 is 0 Å². The fraction of sp³-hybridized carbons (Fsp3) is 0.286. The molecule has 1 aliphatic rings. The minimum Gasteiger partial charge on any atom is -0.314 e. The zero-order valence-electron chi connectivity index (χ0n) is 11.6. The molecule has 0 saturated heterocycles. The van der Waals surface area contributed by atoms with E-state index in [1.165, 1.54) is 4.90 Å². The van der Waals surface area contributed by atoms with Crippen LogP contribution in [0.15, 0.2) is 30.5 Å². The predicted octanol–water partition coefficient (Wildman–Crippen LogP) is 0.294. The van der Waals surface area contributed by atoms with Crippen LogP contribution in [0.3, 0.4) is 0 Å². The second-order valence-corrected chi connectivity index (χ2v) is 4.81. The Kier molecular flexibility index (Phi) is 3.49. The fourth-order valence-electron chi connectivity index (χ4n) is 2.35. The van der Waals surface area contributed by atoms with Crippen LogP contribution in [-0.4, -0.2) is 45.3 Å². The highest BCUT2D eigenvalue weighted by molar-refractivity contribution is 6.21. The first-order valence-electron chi connectivity index (χ1n) is 6.69. The Morgan fingerprint density at radius 2 is 1.76 bits per heavy atom. The lowest BCUT2D eigenvalue weighted by Gasteiger charge is -2.13. The third-order valence-corrected chi connectivity index (χ3v) is 3.37. The zero-order chi connectivity index (χ0) is 14.8. The molecule has 2 heterocycles. The Labute approximate surface area is 121 Å². The van der Waals surface area contributed by atoms with E-state index in [-0.39, 0.29) is 18.4 Å². The summed E-state index contributed by atoms with van der Waals surface area (Å²) in [6.45, 7) is 1.35. The summed E-state index contributed by atoms with van der Waals surface area (Å²) >= 11 is 0. The number of aromatic nitrogens is 3. The average Bonchev–Trinajstić information content (AvgIpc) is 3.03. The molecule has 0 fully saturated rings. The van der Waals surface area contributed by atoms with E-state index in [1.54, 1.807) is 35.1 Å². The van der Waals surface area contributed by atoms with E-state index in [0.29, 0.717) is 24.2 Å². The van der Waals surface area contributed by atoms with Crippen molar-refractivity contribution < 1.29 is 9.59 Å². The Hall–Kier alpha value is -2.54. The van der Waals surface area contributed by atoms with E-state index in [0.717, 1.165) is 5.69 Å². The van der Waals surface area contributed by atoms with Crippen molar-refractivity contribution in [1.82, 2.24) is 25.2 Å². The van der Waals surface area contributed by atoms with Gasteiger partial charge in [-0.05, 0) is 19.2 Å². The molecule has 0 bridgehead atoms. The number of nitrogens with one attached hydrogen (secondary N) is 1. The van der Waals surface area contributed by atoms with Crippen LogP contribution in [0.1, 0.15) is 26.4 Å². The predicted molar refractivity (Wildman–Crippen MR) is 74.6 cm³/mol. The summed E-state index contributed by atoms with van der Waals surface area (Å²) in [5.41, 5.74) is 1.76. The van der Waals surface area contributed by atoms with Gasteiger partial charge < -0.3 is 5.32 Å². The first-order chi connectivity index (χ1) is 10.2. The minimum atomic E-state index is -0.244. The quantitative estimate of drug-likeness (QED) is 0.799. The summed E-state index contributed by atoms with van der Waals surface area (Å²) < 4.78 is 1.64. The number of rotatable bonds is 5. The van der Waals surface area contributed by atoms with Gasteiger partial charge in [-0.2, -0.15) is 0 Å². The average molecular weight is 285 g/mol. The Bertz CT molecular complexity index is 659. The third kappa shape index (κ3) is 2.43. The van der Waals surface area contributed by atoms with E-state index in [2.05, 4.69) is 15.6 Å². The zero-order valence-corrected chi connectivity index (χ0v) is 11.6. The fourth-order valence-corrected chi connectivity index (χ4v) is 2.35. The van der Waals surface area contributed by atoms with Gasteiger partial charge in [-0.1, -0.05) is 17.3 Å². The van der Waals surface area contributed by atoms with Crippen molar-refractivity contribution in [3.63, 3.8) is 0 Å². The summed E-state index contributed by atoms with van der Waals surface area (Å²) in [6.07, 6.45) is 1.80. The topological polar surface area (TPSA) is 80.1 Å². The molecule has 1 N–H and O–H groups in total. The van der Waals surface area contributed by atoms with Crippen LogP contribution in [-0.2, 0) is 13.1 Å². The number of carbonyl (C=O) groups excluding carboxylic acids is 2. The number of imide groups is 1. The smallest absolute Gasteiger partial charge is 0.261 e. The van der Waals surface area contributed by atoms with Gasteiger partial charge in [0, 0.05) is 19.3 Å². The summed E-state index contributed by atoms with van der Waals surface area (Å²) in [5, 5.41) is 10.9. The molecule has 0 saturated carbocycles. The summed E-state index contributed by atoms with van der Waals surface area (Å²) in [7, 11) is 1.83. The first-order valence-corrected chi connectivity index (χ1v) is 6.69. The Morgan fingerprint density at radius 1 is 1.10 bits per heavy atom. The van der Waals surface area contributed by atoms with E-state index >= 15 is 0 Å². The lowest BCUT2D eigenvalue weighted by molar-refractivity contribution is 0.0647. The first kappa shape index (κ1) is 13.4. The highest BCUT2D eigenvalue weighted by Gasteiger charge is 2.34. The number of nitrogens with zero attached hydrogens (tertiary/aromatic N) is 4. The SMILES string of the molecule is CNCc1cn(CCN2C(=O)c3ccccc3C2=O)nn1.